The zero-order chi connectivity index (χ0) is 68.9. The van der Waals surface area contributed by atoms with E-state index < -0.39 is 0 Å². The van der Waals surface area contributed by atoms with E-state index >= 15 is 0 Å². The first-order valence-electron chi connectivity index (χ1n) is 35.8. The second-order valence-electron chi connectivity index (χ2n) is 32.3. The Morgan fingerprint density at radius 2 is 0.570 bits per heavy atom. The summed E-state index contributed by atoms with van der Waals surface area (Å²) in [4.78, 5) is 5.43. The van der Waals surface area contributed by atoms with Crippen molar-refractivity contribution in [3.63, 3.8) is 0 Å². The van der Waals surface area contributed by atoms with Crippen LogP contribution in [0.2, 0.25) is 0 Å². The summed E-state index contributed by atoms with van der Waals surface area (Å²) in [5, 5.41) is 4.97. The monoisotopic (exact) mass is 1290 g/mol. The van der Waals surface area contributed by atoms with Gasteiger partial charge in [-0.15, -0.1) is 0 Å². The van der Waals surface area contributed by atoms with Crippen molar-refractivity contribution in [3.05, 3.63) is 307 Å². The molecule has 17 rings (SSSR count). The van der Waals surface area contributed by atoms with Gasteiger partial charge < -0.3 is 18.9 Å². The van der Waals surface area contributed by atoms with Crippen molar-refractivity contribution in [3.8, 4) is 55.9 Å². The number of fused-ring (bicyclic) bond motifs is 10. The highest BCUT2D eigenvalue weighted by atomic mass is 15.2. The van der Waals surface area contributed by atoms with E-state index in [4.69, 9.17) is 0 Å². The van der Waals surface area contributed by atoms with Crippen LogP contribution in [-0.4, -0.2) is 15.8 Å². The van der Waals surface area contributed by atoms with Crippen molar-refractivity contribution < 1.29 is 0 Å². The highest BCUT2D eigenvalue weighted by Gasteiger charge is 2.46. The predicted molar refractivity (Wildman–Crippen MR) is 430 cm³/mol. The van der Waals surface area contributed by atoms with Gasteiger partial charge in [0.15, 0.2) is 0 Å². The SMILES string of the molecule is Cc1cc2c3c(c1)N(c1c(-c4ccccc4)cc(C(C)(C)C)cc1-c1ccccc1)c1cc(-n4c5cc(C(C)(C)C)ccc5c5ccc(C(C)(C)C)cc54)ccc1B3c1ccc(-n3c4ccccc4c4ccccc43)cc1N2c1c(-c2ccccc2)cc(C(C)(C)C)cc1-c1ccccc1. The molecule has 0 saturated carbocycles. The first-order valence-corrected chi connectivity index (χ1v) is 35.8. The summed E-state index contributed by atoms with van der Waals surface area (Å²) < 4.78 is 5.09. The van der Waals surface area contributed by atoms with Crippen molar-refractivity contribution in [2.45, 2.75) is 112 Å². The molecule has 100 heavy (non-hydrogen) atoms. The molecular formula is C95H85BN4. The fourth-order valence-electron chi connectivity index (χ4n) is 16.3. The number of anilines is 6. The summed E-state index contributed by atoms with van der Waals surface area (Å²) in [5.41, 5.74) is 32.8. The Balaban J connectivity index is 1.06. The van der Waals surface area contributed by atoms with Crippen molar-refractivity contribution in [2.24, 2.45) is 0 Å². The smallest absolute Gasteiger partial charge is 0.252 e. The van der Waals surface area contributed by atoms with Crippen LogP contribution >= 0.6 is 0 Å². The van der Waals surface area contributed by atoms with E-state index in [1.54, 1.807) is 0 Å². The normalized spacial score (nSPS) is 13.2. The van der Waals surface area contributed by atoms with E-state index in [2.05, 4.69) is 388 Å². The number of aryl methyl sites for hydroxylation is 1. The quantitative estimate of drug-likeness (QED) is 0.141. The molecule has 0 amide bonds. The average molecular weight is 1290 g/mol. The van der Waals surface area contributed by atoms with Gasteiger partial charge in [0.2, 0.25) is 0 Å². The van der Waals surface area contributed by atoms with E-state index in [0.29, 0.717) is 0 Å². The van der Waals surface area contributed by atoms with Crippen molar-refractivity contribution in [1.29, 1.82) is 0 Å². The third-order valence-electron chi connectivity index (χ3n) is 21.5. The number of benzene rings is 13. The van der Waals surface area contributed by atoms with Crippen molar-refractivity contribution >= 4 is 101 Å². The number of nitrogens with zero attached hydrogens (tertiary/aromatic N) is 4. The molecule has 4 heterocycles. The molecular weight excluding hydrogens is 1210 g/mol. The zero-order valence-corrected chi connectivity index (χ0v) is 59.9. The lowest BCUT2D eigenvalue weighted by molar-refractivity contribution is 0.590. The molecule has 0 fully saturated rings. The Morgan fingerprint density at radius 3 is 0.910 bits per heavy atom. The van der Waals surface area contributed by atoms with Crippen LogP contribution in [0.3, 0.4) is 0 Å². The number of hydrogen-bond acceptors (Lipinski definition) is 2. The van der Waals surface area contributed by atoms with Crippen molar-refractivity contribution in [1.82, 2.24) is 9.13 Å². The molecule has 0 bridgehead atoms. The van der Waals surface area contributed by atoms with Crippen LogP contribution in [0, 0.1) is 6.92 Å². The fourth-order valence-corrected chi connectivity index (χ4v) is 16.3. The Morgan fingerprint density at radius 1 is 0.260 bits per heavy atom. The van der Waals surface area contributed by atoms with Gasteiger partial charge in [0.25, 0.3) is 6.71 Å². The minimum absolute atomic E-state index is 0.0825. The van der Waals surface area contributed by atoms with E-state index in [0.717, 1.165) is 67.8 Å². The standard InChI is InChI=1S/C95H85BN4/c1-60-50-87-89-88(51-60)100(91-77(63-34-22-16-23-35-63)54-68(95(11,12)13)55-78(91)64-36-24-17-25-37-64)86-59-70(98-83-56-65(92(2,3)4)42-46-73(83)74-47-43-66(57-84(74)98)93(5,6)7)45-49-80(86)96(89)79-48-44-69(97-81-40-28-26-38-71(81)72-39-27-29-41-82(72)97)58-85(79)99(87)90-75(61-30-18-14-19-31-61)52-67(94(8,9)10)53-76(90)62-32-20-15-21-33-62/h14-59H,1-13H3. The first kappa shape index (κ1) is 62.6. The Labute approximate surface area is 590 Å². The maximum absolute atomic E-state index is 2.72. The molecule has 2 aliphatic heterocycles. The average Bonchev–Trinajstić information content (AvgIpc) is 0.771. The molecule has 0 spiro atoms. The molecule has 2 aromatic heterocycles. The van der Waals surface area contributed by atoms with Gasteiger partial charge in [-0.3, -0.25) is 0 Å². The molecule has 13 aromatic carbocycles. The second-order valence-corrected chi connectivity index (χ2v) is 32.3. The lowest BCUT2D eigenvalue weighted by Gasteiger charge is -2.46. The molecule has 0 radical (unpaired) electrons. The summed E-state index contributed by atoms with van der Waals surface area (Å²) in [7, 11) is 0. The van der Waals surface area contributed by atoms with Crippen LogP contribution in [0.1, 0.15) is 111 Å². The van der Waals surface area contributed by atoms with Crippen LogP contribution in [-0.2, 0) is 21.7 Å². The van der Waals surface area contributed by atoms with Crippen LogP contribution in [0.25, 0.3) is 99.5 Å². The van der Waals surface area contributed by atoms with E-state index in [9.17, 15) is 0 Å². The van der Waals surface area contributed by atoms with Crippen LogP contribution < -0.4 is 26.2 Å². The van der Waals surface area contributed by atoms with E-state index in [1.807, 2.05) is 0 Å². The Bertz CT molecular complexity index is 5520. The zero-order valence-electron chi connectivity index (χ0n) is 59.9. The fraction of sp³-hybridized carbons (Fsp3) is 0.179. The first-order chi connectivity index (χ1) is 48.1. The van der Waals surface area contributed by atoms with Crippen molar-refractivity contribution in [2.75, 3.05) is 9.80 Å². The van der Waals surface area contributed by atoms with Gasteiger partial charge in [-0.2, -0.15) is 0 Å². The molecule has 4 nitrogen and oxygen atoms in total. The predicted octanol–water partition coefficient (Wildman–Crippen LogP) is 24.1. The Kier molecular flexibility index (Phi) is 14.5. The summed E-state index contributed by atoms with van der Waals surface area (Å²) in [6, 6.07) is 107. The van der Waals surface area contributed by atoms with Gasteiger partial charge in [0, 0.05) is 77.9 Å². The largest absolute Gasteiger partial charge is 0.310 e. The van der Waals surface area contributed by atoms with Crippen LogP contribution in [0.5, 0.6) is 0 Å². The minimum atomic E-state index is -0.217. The minimum Gasteiger partial charge on any atom is -0.310 e. The van der Waals surface area contributed by atoms with Crippen LogP contribution in [0.4, 0.5) is 34.1 Å². The molecule has 0 aliphatic carbocycles. The maximum atomic E-state index is 2.72. The number of para-hydroxylation sites is 2. The topological polar surface area (TPSA) is 16.3 Å². The van der Waals surface area contributed by atoms with Gasteiger partial charge in [0.1, 0.15) is 0 Å². The maximum Gasteiger partial charge on any atom is 0.252 e. The molecule has 488 valence electrons. The van der Waals surface area contributed by atoms with E-state index in [-0.39, 0.29) is 28.4 Å². The summed E-state index contributed by atoms with van der Waals surface area (Å²) in [6.07, 6.45) is 0. The number of aromatic nitrogens is 2. The molecule has 2 aliphatic rings. The lowest BCUT2D eigenvalue weighted by Crippen LogP contribution is -2.61. The molecule has 0 unspecified atom stereocenters. The van der Waals surface area contributed by atoms with Gasteiger partial charge in [-0.25, -0.2) is 0 Å². The molecule has 0 atom stereocenters. The highest BCUT2D eigenvalue weighted by molar-refractivity contribution is 7.00. The summed E-state index contributed by atoms with van der Waals surface area (Å²) in [5.74, 6) is 0. The van der Waals surface area contributed by atoms with Gasteiger partial charge >= 0.3 is 0 Å². The summed E-state index contributed by atoms with van der Waals surface area (Å²) >= 11 is 0. The number of hydrogen-bond donors (Lipinski definition) is 0. The molecule has 0 saturated heterocycles. The highest BCUT2D eigenvalue weighted by Crippen LogP contribution is 2.55. The van der Waals surface area contributed by atoms with E-state index in [1.165, 1.54) is 110 Å². The third-order valence-corrected chi connectivity index (χ3v) is 21.5. The van der Waals surface area contributed by atoms with Gasteiger partial charge in [-0.05, 0) is 180 Å². The molecule has 5 heteroatoms. The molecule has 0 N–H and O–H groups in total. The van der Waals surface area contributed by atoms with Gasteiger partial charge in [0.05, 0.1) is 33.4 Å². The summed E-state index contributed by atoms with van der Waals surface area (Å²) in [6.45, 7) is 30.3. The lowest BCUT2D eigenvalue weighted by atomic mass is 9.33. The molecule has 15 aromatic rings. The third kappa shape index (κ3) is 10.2. The second kappa shape index (κ2) is 23.1. The Hall–Kier alpha value is -10.9. The van der Waals surface area contributed by atoms with Gasteiger partial charge in [-0.1, -0.05) is 277 Å². The number of rotatable bonds is 8. The van der Waals surface area contributed by atoms with Crippen LogP contribution in [0.15, 0.2) is 279 Å².